The summed E-state index contributed by atoms with van der Waals surface area (Å²) in [5.41, 5.74) is 3.66. The van der Waals surface area contributed by atoms with Crippen molar-refractivity contribution in [2.24, 2.45) is 0 Å². The molecule has 3 heteroatoms. The second kappa shape index (κ2) is 5.01. The third-order valence-corrected chi connectivity index (χ3v) is 3.02. The Morgan fingerprint density at radius 3 is 3.06 bits per heavy atom. The molecule has 0 spiro atoms. The van der Waals surface area contributed by atoms with Crippen LogP contribution in [0, 0.1) is 0 Å². The maximum absolute atomic E-state index is 10.6. The Hall–Kier alpha value is -1.51. The summed E-state index contributed by atoms with van der Waals surface area (Å²) in [6, 6.07) is 6.20. The van der Waals surface area contributed by atoms with Crippen molar-refractivity contribution >= 4 is 11.7 Å². The van der Waals surface area contributed by atoms with E-state index in [-0.39, 0.29) is 6.42 Å². The van der Waals surface area contributed by atoms with Gasteiger partial charge in [0.1, 0.15) is 0 Å². The third-order valence-electron chi connectivity index (χ3n) is 3.02. The van der Waals surface area contributed by atoms with Crippen LogP contribution in [0.4, 0.5) is 5.69 Å². The van der Waals surface area contributed by atoms with Gasteiger partial charge in [-0.05, 0) is 36.8 Å². The number of para-hydroxylation sites is 1. The number of carbonyl (C=O) groups is 1. The van der Waals surface area contributed by atoms with Crippen molar-refractivity contribution in [3.8, 4) is 0 Å². The highest BCUT2D eigenvalue weighted by Crippen LogP contribution is 2.26. The molecular formula is C13H17NO2. The molecular weight excluding hydrogens is 202 g/mol. The maximum atomic E-state index is 10.6. The van der Waals surface area contributed by atoms with Crippen molar-refractivity contribution in [1.29, 1.82) is 0 Å². The average Bonchev–Trinajstić information content (AvgIpc) is 2.51. The number of aryl methyl sites for hydroxylation is 2. The third kappa shape index (κ3) is 2.54. The molecule has 0 aromatic heterocycles. The predicted molar refractivity (Wildman–Crippen MR) is 63.8 cm³/mol. The van der Waals surface area contributed by atoms with Crippen LogP contribution in [0.3, 0.4) is 0 Å². The summed E-state index contributed by atoms with van der Waals surface area (Å²) >= 11 is 0. The highest BCUT2D eigenvalue weighted by Gasteiger charge is 2.11. The number of carboxylic acids is 1. The van der Waals surface area contributed by atoms with Crippen molar-refractivity contribution in [3.05, 3.63) is 29.3 Å². The summed E-state index contributed by atoms with van der Waals surface area (Å²) in [4.78, 5) is 10.6. The lowest BCUT2D eigenvalue weighted by Gasteiger charge is -2.12. The fourth-order valence-electron chi connectivity index (χ4n) is 2.19. The van der Waals surface area contributed by atoms with Gasteiger partial charge < -0.3 is 10.4 Å². The van der Waals surface area contributed by atoms with Gasteiger partial charge in [0.05, 0.1) is 0 Å². The van der Waals surface area contributed by atoms with Crippen LogP contribution >= 0.6 is 0 Å². The zero-order valence-corrected chi connectivity index (χ0v) is 9.33. The Labute approximate surface area is 95.5 Å². The minimum absolute atomic E-state index is 0.206. The summed E-state index contributed by atoms with van der Waals surface area (Å²) in [5, 5.41) is 12.1. The van der Waals surface area contributed by atoms with Crippen LogP contribution in [-0.2, 0) is 17.6 Å². The molecule has 0 saturated carbocycles. The Balaban J connectivity index is 2.20. The molecule has 1 heterocycles. The van der Waals surface area contributed by atoms with Crippen molar-refractivity contribution in [3.63, 3.8) is 0 Å². The first-order valence-corrected chi connectivity index (χ1v) is 5.84. The molecule has 0 atom stereocenters. The van der Waals surface area contributed by atoms with Gasteiger partial charge in [0.2, 0.25) is 0 Å². The first-order valence-electron chi connectivity index (χ1n) is 5.84. The SMILES string of the molecule is O=C(O)CCc1cccc2c1NCCCC2. The molecule has 1 aromatic rings. The van der Waals surface area contributed by atoms with Crippen LogP contribution in [0.15, 0.2) is 18.2 Å². The summed E-state index contributed by atoms with van der Waals surface area (Å²) in [5.74, 6) is -0.730. The smallest absolute Gasteiger partial charge is 0.303 e. The van der Waals surface area contributed by atoms with Crippen LogP contribution in [0.25, 0.3) is 0 Å². The average molecular weight is 219 g/mol. The predicted octanol–water partition coefficient (Wildman–Crippen LogP) is 2.45. The van der Waals surface area contributed by atoms with Crippen LogP contribution < -0.4 is 5.32 Å². The molecule has 86 valence electrons. The number of hydrogen-bond donors (Lipinski definition) is 2. The molecule has 1 aliphatic rings. The molecule has 0 bridgehead atoms. The van der Waals surface area contributed by atoms with Crippen LogP contribution in [-0.4, -0.2) is 17.6 Å². The van der Waals surface area contributed by atoms with Gasteiger partial charge in [-0.1, -0.05) is 18.2 Å². The summed E-state index contributed by atoms with van der Waals surface area (Å²) in [6.45, 7) is 0.997. The number of carboxylic acid groups (broad SMARTS) is 1. The van der Waals surface area contributed by atoms with E-state index in [0.29, 0.717) is 6.42 Å². The molecule has 2 N–H and O–H groups in total. The zero-order valence-electron chi connectivity index (χ0n) is 9.33. The molecule has 0 saturated heterocycles. The number of rotatable bonds is 3. The summed E-state index contributed by atoms with van der Waals surface area (Å²) in [7, 11) is 0. The number of anilines is 1. The van der Waals surface area contributed by atoms with Crippen molar-refractivity contribution < 1.29 is 9.90 Å². The highest BCUT2D eigenvalue weighted by molar-refractivity contribution is 5.68. The van der Waals surface area contributed by atoms with E-state index in [9.17, 15) is 4.79 Å². The molecule has 0 aliphatic carbocycles. The molecule has 0 unspecified atom stereocenters. The lowest BCUT2D eigenvalue weighted by Crippen LogP contribution is -2.05. The molecule has 1 aromatic carbocycles. The topological polar surface area (TPSA) is 49.3 Å². The van der Waals surface area contributed by atoms with Gasteiger partial charge in [-0.3, -0.25) is 4.79 Å². The molecule has 2 rings (SSSR count). The minimum Gasteiger partial charge on any atom is -0.481 e. The minimum atomic E-state index is -0.730. The van der Waals surface area contributed by atoms with Crippen LogP contribution in [0.1, 0.15) is 30.4 Å². The number of benzene rings is 1. The van der Waals surface area contributed by atoms with Gasteiger partial charge in [-0.15, -0.1) is 0 Å². The van der Waals surface area contributed by atoms with Gasteiger partial charge in [0.25, 0.3) is 0 Å². The van der Waals surface area contributed by atoms with E-state index in [0.717, 1.165) is 18.5 Å². The van der Waals surface area contributed by atoms with E-state index in [1.165, 1.54) is 24.1 Å². The number of hydrogen-bond acceptors (Lipinski definition) is 2. The second-order valence-electron chi connectivity index (χ2n) is 4.23. The Kier molecular flexibility index (Phi) is 3.44. The van der Waals surface area contributed by atoms with E-state index in [1.807, 2.05) is 12.1 Å². The van der Waals surface area contributed by atoms with Gasteiger partial charge in [-0.2, -0.15) is 0 Å². The molecule has 0 fully saturated rings. The Morgan fingerprint density at radius 2 is 2.25 bits per heavy atom. The molecule has 1 aliphatic heterocycles. The molecule has 0 amide bonds. The van der Waals surface area contributed by atoms with Crippen molar-refractivity contribution in [2.75, 3.05) is 11.9 Å². The first kappa shape index (κ1) is 11.0. The fourth-order valence-corrected chi connectivity index (χ4v) is 2.19. The van der Waals surface area contributed by atoms with Gasteiger partial charge >= 0.3 is 5.97 Å². The summed E-state index contributed by atoms with van der Waals surface area (Å²) in [6.07, 6.45) is 4.32. The first-order chi connectivity index (χ1) is 7.77. The lowest BCUT2D eigenvalue weighted by molar-refractivity contribution is -0.136. The van der Waals surface area contributed by atoms with Gasteiger partial charge in [-0.25, -0.2) is 0 Å². The Morgan fingerprint density at radius 1 is 1.38 bits per heavy atom. The quantitative estimate of drug-likeness (QED) is 0.821. The Bertz CT molecular complexity index is 388. The number of fused-ring (bicyclic) bond motifs is 1. The van der Waals surface area contributed by atoms with Gasteiger partial charge in [0.15, 0.2) is 0 Å². The number of nitrogens with one attached hydrogen (secondary N) is 1. The zero-order chi connectivity index (χ0) is 11.4. The highest BCUT2D eigenvalue weighted by atomic mass is 16.4. The van der Waals surface area contributed by atoms with Crippen molar-refractivity contribution in [1.82, 2.24) is 0 Å². The van der Waals surface area contributed by atoms with Crippen LogP contribution in [0.5, 0.6) is 0 Å². The lowest BCUT2D eigenvalue weighted by atomic mass is 10.0. The normalized spacial score (nSPS) is 14.8. The van der Waals surface area contributed by atoms with E-state index >= 15 is 0 Å². The summed E-state index contributed by atoms with van der Waals surface area (Å²) < 4.78 is 0. The van der Waals surface area contributed by atoms with Crippen LogP contribution in [0.2, 0.25) is 0 Å². The van der Waals surface area contributed by atoms with Crippen molar-refractivity contribution in [2.45, 2.75) is 32.1 Å². The van der Waals surface area contributed by atoms with E-state index < -0.39 is 5.97 Å². The monoisotopic (exact) mass is 219 g/mol. The maximum Gasteiger partial charge on any atom is 0.303 e. The van der Waals surface area contributed by atoms with E-state index in [4.69, 9.17) is 5.11 Å². The molecule has 3 nitrogen and oxygen atoms in total. The molecule has 16 heavy (non-hydrogen) atoms. The molecule has 0 radical (unpaired) electrons. The second-order valence-corrected chi connectivity index (χ2v) is 4.23. The standard InChI is InChI=1S/C13H17NO2/c15-12(16)8-7-11-6-3-5-10-4-1-2-9-14-13(10)11/h3,5-6,14H,1-2,4,7-9H2,(H,15,16). The van der Waals surface area contributed by atoms with E-state index in [1.54, 1.807) is 0 Å². The number of aliphatic carboxylic acids is 1. The van der Waals surface area contributed by atoms with Gasteiger partial charge in [0, 0.05) is 18.7 Å². The van der Waals surface area contributed by atoms with E-state index in [2.05, 4.69) is 11.4 Å². The fraction of sp³-hybridized carbons (Fsp3) is 0.462. The largest absolute Gasteiger partial charge is 0.481 e.